The van der Waals surface area contributed by atoms with E-state index in [1.165, 1.54) is 19.2 Å². The van der Waals surface area contributed by atoms with Crippen LogP contribution in [-0.2, 0) is 9.47 Å². The van der Waals surface area contributed by atoms with E-state index in [1.807, 2.05) is 30.3 Å². The minimum atomic E-state index is -0.361. The number of hydrogen-bond acceptors (Lipinski definition) is 4. The summed E-state index contributed by atoms with van der Waals surface area (Å²) in [6.45, 7) is 0. The molecule has 5 heteroatoms. The van der Waals surface area contributed by atoms with E-state index in [2.05, 4.69) is 0 Å². The fraction of sp³-hybridized carbons (Fsp3) is 0.136. The molecule has 3 aromatic carbocycles. The van der Waals surface area contributed by atoms with Crippen LogP contribution in [0.1, 0.15) is 44.8 Å². The van der Waals surface area contributed by atoms with Crippen LogP contribution in [0.25, 0.3) is 0 Å². The highest BCUT2D eigenvalue weighted by Gasteiger charge is 2.43. The van der Waals surface area contributed by atoms with Crippen molar-refractivity contribution < 1.29 is 23.4 Å². The number of halogens is 1. The molecular weight excluding hydrogens is 347 g/mol. The van der Waals surface area contributed by atoms with Crippen molar-refractivity contribution in [3.8, 4) is 11.5 Å². The predicted octanol–water partition coefficient (Wildman–Crippen LogP) is 4.93. The van der Waals surface area contributed by atoms with Crippen LogP contribution >= 0.6 is 0 Å². The van der Waals surface area contributed by atoms with Crippen molar-refractivity contribution in [1.29, 1.82) is 0 Å². The van der Waals surface area contributed by atoms with Crippen LogP contribution in [0.15, 0.2) is 60.7 Å². The molecule has 2 heterocycles. The molecule has 0 fully saturated rings. The Kier molecular flexibility index (Phi) is 3.52. The molecule has 2 bridgehead atoms. The second-order valence-electron chi connectivity index (χ2n) is 6.58. The van der Waals surface area contributed by atoms with Gasteiger partial charge in [0.1, 0.15) is 29.5 Å². The highest BCUT2D eigenvalue weighted by Crippen LogP contribution is 2.55. The van der Waals surface area contributed by atoms with Gasteiger partial charge in [0.15, 0.2) is 0 Å². The highest BCUT2D eigenvalue weighted by molar-refractivity contribution is 5.90. The summed E-state index contributed by atoms with van der Waals surface area (Å²) >= 11 is 0. The second-order valence-corrected chi connectivity index (χ2v) is 6.58. The first kappa shape index (κ1) is 16.0. The van der Waals surface area contributed by atoms with E-state index < -0.39 is 0 Å². The van der Waals surface area contributed by atoms with Gasteiger partial charge in [-0.15, -0.1) is 0 Å². The van der Waals surface area contributed by atoms with Crippen molar-refractivity contribution in [3.63, 3.8) is 0 Å². The summed E-state index contributed by atoms with van der Waals surface area (Å²) < 4.78 is 30.1. The number of methoxy groups -OCH3 is 1. The van der Waals surface area contributed by atoms with Crippen molar-refractivity contribution in [3.05, 3.63) is 94.3 Å². The number of ether oxygens (including phenoxy) is 3. The van der Waals surface area contributed by atoms with Gasteiger partial charge in [0.2, 0.25) is 0 Å². The molecule has 3 aromatic rings. The summed E-state index contributed by atoms with van der Waals surface area (Å²) in [4.78, 5) is 11.8. The quantitative estimate of drug-likeness (QED) is 0.620. The number of rotatable bonds is 3. The highest BCUT2D eigenvalue weighted by atomic mass is 19.1. The molecule has 0 radical (unpaired) electrons. The molecule has 2 aliphatic rings. The fourth-order valence-corrected chi connectivity index (χ4v) is 3.80. The summed E-state index contributed by atoms with van der Waals surface area (Å²) in [6.07, 6.45) is -0.393. The molecule has 0 saturated heterocycles. The van der Waals surface area contributed by atoms with Gasteiger partial charge in [-0.3, -0.25) is 0 Å². The van der Waals surface area contributed by atoms with Gasteiger partial charge in [-0.25, -0.2) is 9.18 Å². The lowest BCUT2D eigenvalue weighted by Gasteiger charge is -2.17. The molecule has 0 amide bonds. The van der Waals surface area contributed by atoms with Crippen molar-refractivity contribution in [2.75, 3.05) is 7.11 Å². The van der Waals surface area contributed by atoms with Crippen LogP contribution in [0, 0.1) is 5.82 Å². The van der Waals surface area contributed by atoms with Crippen molar-refractivity contribution in [2.45, 2.75) is 12.2 Å². The molecule has 0 aliphatic carbocycles. The van der Waals surface area contributed by atoms with Gasteiger partial charge >= 0.3 is 5.97 Å². The summed E-state index contributed by atoms with van der Waals surface area (Å²) in [6, 6.07) is 17.3. The molecule has 0 N–H and O–H groups in total. The molecule has 2 aliphatic heterocycles. The Morgan fingerprint density at radius 1 is 0.889 bits per heavy atom. The van der Waals surface area contributed by atoms with E-state index in [-0.39, 0.29) is 24.0 Å². The maximum atomic E-state index is 13.4. The molecule has 5 rings (SSSR count). The van der Waals surface area contributed by atoms with Crippen molar-refractivity contribution in [1.82, 2.24) is 0 Å². The number of carbonyl (C=O) groups excluding carboxylic acids is 1. The molecule has 134 valence electrons. The topological polar surface area (TPSA) is 44.8 Å². The molecule has 0 saturated carbocycles. The van der Waals surface area contributed by atoms with Gasteiger partial charge in [0, 0.05) is 6.07 Å². The fourth-order valence-electron chi connectivity index (χ4n) is 3.80. The van der Waals surface area contributed by atoms with Crippen LogP contribution in [0.3, 0.4) is 0 Å². The number of esters is 1. The summed E-state index contributed by atoms with van der Waals surface area (Å²) in [5, 5.41) is 0. The molecule has 27 heavy (non-hydrogen) atoms. The Morgan fingerprint density at radius 3 is 2.33 bits per heavy atom. The Hall–Kier alpha value is -3.18. The monoisotopic (exact) mass is 362 g/mol. The number of hydrogen-bond donors (Lipinski definition) is 0. The minimum absolute atomic E-state index is 0.192. The Balaban J connectivity index is 1.48. The average Bonchev–Trinajstić information content (AvgIpc) is 3.24. The standard InChI is InChI=1S/C22H15FO4/c1-25-22(24)12-5-7-16-18(9-12)20-17-8-6-15(11-19(17)21(16)27-20)26-14-4-2-3-13(23)10-14/h2-11,20-21H,1H3/t20-,21-/m1/s1. The lowest BCUT2D eigenvalue weighted by atomic mass is 9.85. The van der Waals surface area contributed by atoms with E-state index in [4.69, 9.17) is 14.2 Å². The normalized spacial score (nSPS) is 18.7. The largest absolute Gasteiger partial charge is 0.465 e. The first-order valence-electron chi connectivity index (χ1n) is 8.59. The van der Waals surface area contributed by atoms with Crippen LogP contribution in [0.2, 0.25) is 0 Å². The lowest BCUT2D eigenvalue weighted by Crippen LogP contribution is -2.07. The van der Waals surface area contributed by atoms with Crippen LogP contribution < -0.4 is 4.74 Å². The smallest absolute Gasteiger partial charge is 0.337 e. The number of carbonyl (C=O) groups is 1. The molecule has 0 aromatic heterocycles. The molecule has 4 nitrogen and oxygen atoms in total. The molecule has 0 unspecified atom stereocenters. The Morgan fingerprint density at radius 2 is 1.59 bits per heavy atom. The predicted molar refractivity (Wildman–Crippen MR) is 95.5 cm³/mol. The van der Waals surface area contributed by atoms with Gasteiger partial charge in [-0.1, -0.05) is 18.2 Å². The first-order valence-corrected chi connectivity index (χ1v) is 8.59. The summed E-state index contributed by atoms with van der Waals surface area (Å²) in [5.74, 6) is 0.372. The zero-order chi connectivity index (χ0) is 18.5. The SMILES string of the molecule is COC(=O)c1ccc2c(c1)[C@@H]1O[C@H]2c2cc(Oc3cccc(F)c3)ccc21. The van der Waals surface area contributed by atoms with Gasteiger partial charge in [-0.2, -0.15) is 0 Å². The van der Waals surface area contributed by atoms with Crippen LogP contribution in [-0.4, -0.2) is 13.1 Å². The van der Waals surface area contributed by atoms with Gasteiger partial charge in [0.05, 0.1) is 12.7 Å². The minimum Gasteiger partial charge on any atom is -0.465 e. The van der Waals surface area contributed by atoms with Gasteiger partial charge < -0.3 is 14.2 Å². The van der Waals surface area contributed by atoms with Crippen molar-refractivity contribution in [2.24, 2.45) is 0 Å². The zero-order valence-corrected chi connectivity index (χ0v) is 14.4. The van der Waals surface area contributed by atoms with Crippen LogP contribution in [0.5, 0.6) is 11.5 Å². The maximum absolute atomic E-state index is 13.4. The second kappa shape index (κ2) is 5.93. The van der Waals surface area contributed by atoms with E-state index in [1.54, 1.807) is 18.2 Å². The van der Waals surface area contributed by atoms with E-state index in [9.17, 15) is 9.18 Å². The third-order valence-electron chi connectivity index (χ3n) is 5.00. The third-order valence-corrected chi connectivity index (χ3v) is 5.00. The summed E-state index contributed by atoms with van der Waals surface area (Å²) in [5.41, 5.74) is 4.64. The molecule has 0 spiro atoms. The van der Waals surface area contributed by atoms with Crippen LogP contribution in [0.4, 0.5) is 4.39 Å². The van der Waals surface area contributed by atoms with E-state index in [0.717, 1.165) is 22.3 Å². The van der Waals surface area contributed by atoms with Gasteiger partial charge in [-0.05, 0) is 58.7 Å². The van der Waals surface area contributed by atoms with E-state index >= 15 is 0 Å². The molecular formula is C22H15FO4. The Labute approximate surface area is 155 Å². The zero-order valence-electron chi connectivity index (χ0n) is 14.4. The number of benzene rings is 3. The summed E-state index contributed by atoms with van der Waals surface area (Å²) in [7, 11) is 1.37. The van der Waals surface area contributed by atoms with Gasteiger partial charge in [0.25, 0.3) is 0 Å². The molecule has 2 atom stereocenters. The first-order chi connectivity index (χ1) is 13.1. The maximum Gasteiger partial charge on any atom is 0.337 e. The average molecular weight is 362 g/mol. The Bertz CT molecular complexity index is 1080. The van der Waals surface area contributed by atoms with Crippen molar-refractivity contribution >= 4 is 5.97 Å². The van der Waals surface area contributed by atoms with E-state index in [0.29, 0.717) is 17.1 Å². The number of fused-ring (bicyclic) bond motifs is 8. The third kappa shape index (κ3) is 2.51. The lowest BCUT2D eigenvalue weighted by molar-refractivity contribution is 0.0600.